The fourth-order valence-electron chi connectivity index (χ4n) is 1.95. The second-order valence-electron chi connectivity index (χ2n) is 3.96. The zero-order valence-electron chi connectivity index (χ0n) is 9.89. The fraction of sp³-hybridized carbons (Fsp3) is 0. The molecule has 0 spiro atoms. The predicted octanol–water partition coefficient (Wildman–Crippen LogP) is 3.34. The van der Waals surface area contributed by atoms with E-state index in [1.54, 1.807) is 0 Å². The molecule has 98 valence electrons. The molecular formula is C14H12O4S. The summed E-state index contributed by atoms with van der Waals surface area (Å²) in [4.78, 5) is 0. The van der Waals surface area contributed by atoms with Gasteiger partial charge in [0.05, 0.1) is 0 Å². The minimum atomic E-state index is -4.67. The van der Waals surface area contributed by atoms with E-state index in [-0.39, 0.29) is 0 Å². The molecule has 0 radical (unpaired) electrons. The van der Waals surface area contributed by atoms with Crippen LogP contribution in [0.15, 0.2) is 60.7 Å². The molecule has 0 bridgehead atoms. The van der Waals surface area contributed by atoms with Gasteiger partial charge in [0, 0.05) is 0 Å². The summed E-state index contributed by atoms with van der Waals surface area (Å²) >= 11 is 0. The quantitative estimate of drug-likeness (QED) is 0.488. The summed E-state index contributed by atoms with van der Waals surface area (Å²) in [6.45, 7) is 0. The Balaban J connectivity index is 0.000000232. The van der Waals surface area contributed by atoms with Gasteiger partial charge in [0.25, 0.3) is 0 Å². The van der Waals surface area contributed by atoms with Gasteiger partial charge in [-0.2, -0.15) is 8.42 Å². The van der Waals surface area contributed by atoms with Gasteiger partial charge in [0.15, 0.2) is 0 Å². The standard InChI is InChI=1S/C14H10.H2O4S/c1-3-7-13-11(5-1)9-10-12-6-2-4-8-14(12)13;1-5(2,3)4/h1-10H;(H2,1,2,3,4). The number of benzene rings is 3. The summed E-state index contributed by atoms with van der Waals surface area (Å²) < 4.78 is 31.6. The minimum Gasteiger partial charge on any atom is -0.264 e. The van der Waals surface area contributed by atoms with Crippen LogP contribution >= 0.6 is 0 Å². The lowest BCUT2D eigenvalue weighted by Crippen LogP contribution is -1.89. The van der Waals surface area contributed by atoms with Crippen molar-refractivity contribution in [3.63, 3.8) is 0 Å². The second-order valence-corrected chi connectivity index (χ2v) is 4.85. The molecule has 2 N–H and O–H groups in total. The molecule has 5 heteroatoms. The molecule has 3 aromatic carbocycles. The zero-order chi connectivity index (χ0) is 13.9. The molecule has 0 aliphatic heterocycles. The van der Waals surface area contributed by atoms with Crippen LogP contribution in [0.3, 0.4) is 0 Å². The van der Waals surface area contributed by atoms with E-state index >= 15 is 0 Å². The van der Waals surface area contributed by atoms with E-state index in [2.05, 4.69) is 60.7 Å². The summed E-state index contributed by atoms with van der Waals surface area (Å²) in [6, 6.07) is 21.4. The van der Waals surface area contributed by atoms with E-state index < -0.39 is 10.4 Å². The molecule has 0 aromatic heterocycles. The molecule has 0 aliphatic carbocycles. The molecule has 19 heavy (non-hydrogen) atoms. The van der Waals surface area contributed by atoms with Gasteiger partial charge in [-0.1, -0.05) is 60.7 Å². The largest absolute Gasteiger partial charge is 0.394 e. The van der Waals surface area contributed by atoms with E-state index in [0.717, 1.165) is 0 Å². The van der Waals surface area contributed by atoms with Crippen molar-refractivity contribution in [3.8, 4) is 0 Å². The first-order chi connectivity index (χ1) is 8.95. The molecule has 0 fully saturated rings. The normalized spacial score (nSPS) is 11.1. The Morgan fingerprint density at radius 2 is 0.947 bits per heavy atom. The van der Waals surface area contributed by atoms with Crippen molar-refractivity contribution in [1.29, 1.82) is 0 Å². The van der Waals surface area contributed by atoms with Crippen molar-refractivity contribution in [2.24, 2.45) is 0 Å². The highest BCUT2D eigenvalue weighted by molar-refractivity contribution is 7.79. The molecule has 0 saturated carbocycles. The van der Waals surface area contributed by atoms with Gasteiger partial charge in [-0.05, 0) is 21.5 Å². The van der Waals surface area contributed by atoms with Crippen molar-refractivity contribution in [3.05, 3.63) is 60.7 Å². The van der Waals surface area contributed by atoms with E-state index in [1.165, 1.54) is 21.5 Å². The Hall–Kier alpha value is -1.95. The van der Waals surface area contributed by atoms with Crippen molar-refractivity contribution in [2.75, 3.05) is 0 Å². The summed E-state index contributed by atoms with van der Waals surface area (Å²) in [5, 5.41) is 5.30. The third-order valence-electron chi connectivity index (χ3n) is 2.65. The van der Waals surface area contributed by atoms with Crippen LogP contribution in [-0.4, -0.2) is 17.5 Å². The zero-order valence-corrected chi connectivity index (χ0v) is 10.7. The number of rotatable bonds is 0. The molecule has 3 rings (SSSR count). The van der Waals surface area contributed by atoms with Crippen LogP contribution in [0.2, 0.25) is 0 Å². The third kappa shape index (κ3) is 3.75. The first-order valence-corrected chi connectivity index (χ1v) is 6.91. The number of hydrogen-bond acceptors (Lipinski definition) is 2. The Kier molecular flexibility index (Phi) is 3.80. The van der Waals surface area contributed by atoms with Crippen molar-refractivity contribution in [1.82, 2.24) is 0 Å². The molecule has 0 atom stereocenters. The highest BCUT2D eigenvalue weighted by atomic mass is 32.3. The van der Waals surface area contributed by atoms with E-state index in [9.17, 15) is 0 Å². The summed E-state index contributed by atoms with van der Waals surface area (Å²) in [5.74, 6) is 0. The van der Waals surface area contributed by atoms with Crippen LogP contribution in [0.1, 0.15) is 0 Å². The van der Waals surface area contributed by atoms with Crippen LogP contribution in [0.4, 0.5) is 0 Å². The van der Waals surface area contributed by atoms with Gasteiger partial charge in [0.1, 0.15) is 0 Å². The monoisotopic (exact) mass is 276 g/mol. The van der Waals surface area contributed by atoms with Crippen LogP contribution in [0.25, 0.3) is 21.5 Å². The summed E-state index contributed by atoms with van der Waals surface area (Å²) in [6.07, 6.45) is 0. The Morgan fingerprint density at radius 3 is 1.32 bits per heavy atom. The molecule has 0 heterocycles. The van der Waals surface area contributed by atoms with Gasteiger partial charge in [-0.25, -0.2) is 0 Å². The minimum absolute atomic E-state index is 1.31. The average Bonchev–Trinajstić information content (AvgIpc) is 2.37. The maximum Gasteiger partial charge on any atom is 0.394 e. The SMILES string of the molecule is O=S(=O)(O)O.c1ccc2c(c1)ccc1ccccc12. The number of fused-ring (bicyclic) bond motifs is 3. The number of hydrogen-bond donors (Lipinski definition) is 2. The Bertz CT molecular complexity index is 747. The maximum atomic E-state index is 8.74. The van der Waals surface area contributed by atoms with E-state index in [0.29, 0.717) is 0 Å². The lowest BCUT2D eigenvalue weighted by atomic mass is 10.0. The molecule has 0 aliphatic rings. The van der Waals surface area contributed by atoms with Crippen molar-refractivity contribution in [2.45, 2.75) is 0 Å². The molecule has 3 aromatic rings. The molecule has 4 nitrogen and oxygen atoms in total. The summed E-state index contributed by atoms with van der Waals surface area (Å²) in [7, 11) is -4.67. The first-order valence-electron chi connectivity index (χ1n) is 5.51. The highest BCUT2D eigenvalue weighted by Crippen LogP contribution is 2.24. The van der Waals surface area contributed by atoms with Crippen LogP contribution in [0, 0.1) is 0 Å². The lowest BCUT2D eigenvalue weighted by molar-refractivity contribution is 0.381. The molecule has 0 saturated heterocycles. The second kappa shape index (κ2) is 5.36. The van der Waals surface area contributed by atoms with Gasteiger partial charge in [0.2, 0.25) is 0 Å². The van der Waals surface area contributed by atoms with Crippen molar-refractivity contribution >= 4 is 31.9 Å². The lowest BCUT2D eigenvalue weighted by Gasteiger charge is -2.02. The van der Waals surface area contributed by atoms with Gasteiger partial charge < -0.3 is 0 Å². The fourth-order valence-corrected chi connectivity index (χ4v) is 1.95. The van der Waals surface area contributed by atoms with Gasteiger partial charge in [-0.15, -0.1) is 0 Å². The summed E-state index contributed by atoms with van der Waals surface area (Å²) in [5.41, 5.74) is 0. The van der Waals surface area contributed by atoms with Crippen LogP contribution in [0.5, 0.6) is 0 Å². The average molecular weight is 276 g/mol. The predicted molar refractivity (Wildman–Crippen MR) is 75.6 cm³/mol. The van der Waals surface area contributed by atoms with Crippen molar-refractivity contribution < 1.29 is 17.5 Å². The molecule has 0 amide bonds. The first kappa shape index (κ1) is 13.5. The Labute approximate surface area is 110 Å². The topological polar surface area (TPSA) is 74.6 Å². The van der Waals surface area contributed by atoms with Crippen LogP contribution < -0.4 is 0 Å². The molecule has 0 unspecified atom stereocenters. The smallest absolute Gasteiger partial charge is 0.264 e. The van der Waals surface area contributed by atoms with E-state index in [4.69, 9.17) is 17.5 Å². The maximum absolute atomic E-state index is 8.74. The van der Waals surface area contributed by atoms with Gasteiger partial charge >= 0.3 is 10.4 Å². The van der Waals surface area contributed by atoms with Gasteiger partial charge in [-0.3, -0.25) is 9.11 Å². The third-order valence-corrected chi connectivity index (χ3v) is 2.65. The van der Waals surface area contributed by atoms with E-state index in [1.807, 2.05) is 0 Å². The highest BCUT2D eigenvalue weighted by Gasteiger charge is 1.97. The Morgan fingerprint density at radius 1 is 0.632 bits per heavy atom. The van der Waals surface area contributed by atoms with Crippen LogP contribution in [-0.2, 0) is 10.4 Å². The molecular weight excluding hydrogens is 264 g/mol.